The van der Waals surface area contributed by atoms with E-state index in [2.05, 4.69) is 20.9 Å². The molecule has 2 amide bonds. The summed E-state index contributed by atoms with van der Waals surface area (Å²) in [7, 11) is 0. The highest BCUT2D eigenvalue weighted by Crippen LogP contribution is 2.17. The maximum Gasteiger partial charge on any atom is 0.238 e. The van der Waals surface area contributed by atoms with Crippen molar-refractivity contribution in [1.29, 1.82) is 0 Å². The zero-order valence-corrected chi connectivity index (χ0v) is 14.7. The quantitative estimate of drug-likeness (QED) is 0.764. The standard InChI is InChI=1S/C19H28N4O2/c24-18(14-23-11-2-1-3-12-23)21-16-6-8-17(9-7-16)22-19(25)15-5-4-10-20-13-15/h6-9,15,20H,1-5,10-14H2,(H,21,24)(H,22,25). The van der Waals surface area contributed by atoms with Crippen LogP contribution in [0.2, 0.25) is 0 Å². The van der Waals surface area contributed by atoms with Crippen molar-refractivity contribution in [2.45, 2.75) is 32.1 Å². The van der Waals surface area contributed by atoms with E-state index in [0.29, 0.717) is 6.54 Å². The lowest BCUT2D eigenvalue weighted by Crippen LogP contribution is -2.37. The van der Waals surface area contributed by atoms with E-state index in [0.717, 1.165) is 50.4 Å². The summed E-state index contributed by atoms with van der Waals surface area (Å²) in [4.78, 5) is 26.5. The predicted molar refractivity (Wildman–Crippen MR) is 99.6 cm³/mol. The number of nitrogens with one attached hydrogen (secondary N) is 3. The highest BCUT2D eigenvalue weighted by atomic mass is 16.2. The monoisotopic (exact) mass is 344 g/mol. The first-order valence-corrected chi connectivity index (χ1v) is 9.34. The Morgan fingerprint density at radius 1 is 1.00 bits per heavy atom. The smallest absolute Gasteiger partial charge is 0.238 e. The molecule has 25 heavy (non-hydrogen) atoms. The largest absolute Gasteiger partial charge is 0.326 e. The summed E-state index contributed by atoms with van der Waals surface area (Å²) in [5, 5.41) is 9.14. The second-order valence-corrected chi connectivity index (χ2v) is 6.99. The van der Waals surface area contributed by atoms with Gasteiger partial charge in [0.1, 0.15) is 0 Å². The molecule has 0 aliphatic carbocycles. The number of carbonyl (C=O) groups is 2. The van der Waals surface area contributed by atoms with Crippen LogP contribution in [0.3, 0.4) is 0 Å². The summed E-state index contributed by atoms with van der Waals surface area (Å²) in [5.74, 6) is 0.124. The van der Waals surface area contributed by atoms with Gasteiger partial charge in [0.25, 0.3) is 0 Å². The lowest BCUT2D eigenvalue weighted by molar-refractivity contribution is -0.120. The van der Waals surface area contributed by atoms with E-state index in [-0.39, 0.29) is 17.7 Å². The summed E-state index contributed by atoms with van der Waals surface area (Å²) in [6.45, 7) is 4.21. The van der Waals surface area contributed by atoms with Gasteiger partial charge in [-0.15, -0.1) is 0 Å². The molecular formula is C19H28N4O2. The van der Waals surface area contributed by atoms with Crippen molar-refractivity contribution >= 4 is 23.2 Å². The van der Waals surface area contributed by atoms with E-state index in [1.54, 1.807) is 0 Å². The van der Waals surface area contributed by atoms with Crippen LogP contribution in [0.1, 0.15) is 32.1 Å². The van der Waals surface area contributed by atoms with Crippen LogP contribution in [0.25, 0.3) is 0 Å². The molecule has 1 unspecified atom stereocenters. The van der Waals surface area contributed by atoms with Crippen LogP contribution >= 0.6 is 0 Å². The second-order valence-electron chi connectivity index (χ2n) is 6.99. The van der Waals surface area contributed by atoms with Crippen molar-refractivity contribution in [3.8, 4) is 0 Å². The molecule has 0 saturated carbocycles. The third kappa shape index (κ3) is 5.54. The minimum Gasteiger partial charge on any atom is -0.326 e. The van der Waals surface area contributed by atoms with Gasteiger partial charge in [-0.3, -0.25) is 14.5 Å². The number of likely N-dealkylation sites (tertiary alicyclic amines) is 1. The number of piperidine rings is 2. The molecule has 1 atom stereocenters. The number of hydrogen-bond acceptors (Lipinski definition) is 4. The Bertz CT molecular complexity index is 576. The predicted octanol–water partition coefficient (Wildman–Crippen LogP) is 2.05. The Kier molecular flexibility index (Phi) is 6.42. The third-order valence-electron chi connectivity index (χ3n) is 4.92. The lowest BCUT2D eigenvalue weighted by atomic mass is 9.99. The number of benzene rings is 1. The van der Waals surface area contributed by atoms with Gasteiger partial charge in [-0.2, -0.15) is 0 Å². The van der Waals surface area contributed by atoms with Gasteiger partial charge in [-0.1, -0.05) is 6.42 Å². The van der Waals surface area contributed by atoms with Gasteiger partial charge in [0.15, 0.2) is 0 Å². The highest BCUT2D eigenvalue weighted by Gasteiger charge is 2.20. The van der Waals surface area contributed by atoms with Gasteiger partial charge in [0, 0.05) is 17.9 Å². The van der Waals surface area contributed by atoms with Crippen LogP contribution in [0.5, 0.6) is 0 Å². The van der Waals surface area contributed by atoms with Crippen molar-refractivity contribution < 1.29 is 9.59 Å². The summed E-state index contributed by atoms with van der Waals surface area (Å²) in [6.07, 6.45) is 5.60. The molecule has 1 aromatic carbocycles. The van der Waals surface area contributed by atoms with Gasteiger partial charge >= 0.3 is 0 Å². The van der Waals surface area contributed by atoms with Crippen molar-refractivity contribution in [1.82, 2.24) is 10.2 Å². The van der Waals surface area contributed by atoms with E-state index >= 15 is 0 Å². The van der Waals surface area contributed by atoms with Crippen molar-refractivity contribution in [3.05, 3.63) is 24.3 Å². The third-order valence-corrected chi connectivity index (χ3v) is 4.92. The lowest BCUT2D eigenvalue weighted by Gasteiger charge is -2.25. The fraction of sp³-hybridized carbons (Fsp3) is 0.579. The molecule has 2 heterocycles. The Labute approximate surface area is 149 Å². The average Bonchev–Trinajstić information content (AvgIpc) is 2.65. The van der Waals surface area contributed by atoms with E-state index in [9.17, 15) is 9.59 Å². The minimum absolute atomic E-state index is 0.0203. The van der Waals surface area contributed by atoms with E-state index in [4.69, 9.17) is 0 Å². The normalized spacial score (nSPS) is 21.5. The molecule has 136 valence electrons. The van der Waals surface area contributed by atoms with Crippen LogP contribution in [-0.2, 0) is 9.59 Å². The van der Waals surface area contributed by atoms with Crippen molar-refractivity contribution in [2.75, 3.05) is 43.4 Å². The maximum atomic E-state index is 12.2. The zero-order valence-electron chi connectivity index (χ0n) is 14.7. The Balaban J connectivity index is 1.46. The van der Waals surface area contributed by atoms with E-state index in [1.807, 2.05) is 24.3 Å². The summed E-state index contributed by atoms with van der Waals surface area (Å²) < 4.78 is 0. The second kappa shape index (κ2) is 8.97. The molecule has 2 aliphatic rings. The maximum absolute atomic E-state index is 12.2. The van der Waals surface area contributed by atoms with Crippen LogP contribution in [0, 0.1) is 5.92 Å². The average molecular weight is 344 g/mol. The fourth-order valence-electron chi connectivity index (χ4n) is 3.48. The topological polar surface area (TPSA) is 73.5 Å². The molecule has 2 aliphatic heterocycles. The van der Waals surface area contributed by atoms with Crippen molar-refractivity contribution in [3.63, 3.8) is 0 Å². The van der Waals surface area contributed by atoms with Gasteiger partial charge in [0.2, 0.25) is 11.8 Å². The number of carbonyl (C=O) groups excluding carboxylic acids is 2. The molecular weight excluding hydrogens is 316 g/mol. The Morgan fingerprint density at radius 3 is 2.32 bits per heavy atom. The minimum atomic E-state index is 0.0203. The molecule has 6 nitrogen and oxygen atoms in total. The molecule has 2 saturated heterocycles. The van der Waals surface area contributed by atoms with Gasteiger partial charge < -0.3 is 16.0 Å². The number of rotatable bonds is 5. The summed E-state index contributed by atoms with van der Waals surface area (Å²) in [5.41, 5.74) is 1.53. The molecule has 1 aromatic rings. The first-order chi connectivity index (χ1) is 12.2. The van der Waals surface area contributed by atoms with Gasteiger partial charge in [-0.25, -0.2) is 0 Å². The highest BCUT2D eigenvalue weighted by molar-refractivity contribution is 5.94. The summed E-state index contributed by atoms with van der Waals surface area (Å²) >= 11 is 0. The van der Waals surface area contributed by atoms with Crippen LogP contribution < -0.4 is 16.0 Å². The number of nitrogens with zero attached hydrogens (tertiary/aromatic N) is 1. The first kappa shape index (κ1) is 17.9. The molecule has 0 bridgehead atoms. The first-order valence-electron chi connectivity index (χ1n) is 9.34. The fourth-order valence-corrected chi connectivity index (χ4v) is 3.48. The van der Waals surface area contributed by atoms with Crippen LogP contribution in [0.15, 0.2) is 24.3 Å². The van der Waals surface area contributed by atoms with Gasteiger partial charge in [-0.05, 0) is 69.6 Å². The van der Waals surface area contributed by atoms with E-state index < -0.39 is 0 Å². The van der Waals surface area contributed by atoms with Gasteiger partial charge in [0.05, 0.1) is 12.5 Å². The molecule has 2 fully saturated rings. The van der Waals surface area contributed by atoms with Crippen LogP contribution in [0.4, 0.5) is 11.4 Å². The number of amides is 2. The molecule has 6 heteroatoms. The molecule has 0 spiro atoms. The summed E-state index contributed by atoms with van der Waals surface area (Å²) in [6, 6.07) is 7.35. The molecule has 0 aromatic heterocycles. The van der Waals surface area contributed by atoms with Crippen molar-refractivity contribution in [2.24, 2.45) is 5.92 Å². The SMILES string of the molecule is O=C(CN1CCCCC1)Nc1ccc(NC(=O)C2CCCNC2)cc1. The molecule has 3 rings (SSSR count). The Morgan fingerprint density at radius 2 is 1.68 bits per heavy atom. The number of hydrogen-bond donors (Lipinski definition) is 3. The van der Waals surface area contributed by atoms with Crippen LogP contribution in [-0.4, -0.2) is 49.4 Å². The molecule has 3 N–H and O–H groups in total. The molecule has 0 radical (unpaired) electrons. The Hall–Kier alpha value is -1.92. The number of anilines is 2. The zero-order chi connectivity index (χ0) is 17.5. The van der Waals surface area contributed by atoms with E-state index in [1.165, 1.54) is 19.3 Å².